The zero-order valence-corrected chi connectivity index (χ0v) is 11.6. The van der Waals surface area contributed by atoms with Crippen molar-refractivity contribution in [3.8, 4) is 0 Å². The molecule has 0 saturated heterocycles. The first-order chi connectivity index (χ1) is 7.30. The fraction of sp³-hybridized carbons (Fsp3) is 0.455. The third-order valence-corrected chi connectivity index (χ3v) is 4.77. The molecule has 90 valence electrons. The first-order valence-electron chi connectivity index (χ1n) is 4.92. The van der Waals surface area contributed by atoms with Gasteiger partial charge in [-0.15, -0.1) is 0 Å². The molecule has 3 nitrogen and oxygen atoms in total. The smallest absolute Gasteiger partial charge is 0.152 e. The normalized spacial score (nSPS) is 15.8. The van der Waals surface area contributed by atoms with E-state index in [1.807, 2.05) is 24.3 Å². The van der Waals surface area contributed by atoms with Crippen molar-refractivity contribution in [2.24, 2.45) is 0 Å². The van der Waals surface area contributed by atoms with E-state index in [1.54, 1.807) is 0 Å². The Labute approximate surface area is 105 Å². The molecule has 1 aromatic rings. The van der Waals surface area contributed by atoms with Gasteiger partial charge >= 0.3 is 0 Å². The summed E-state index contributed by atoms with van der Waals surface area (Å²) in [7, 11) is -3.19. The largest absolute Gasteiger partial charge is 0.391 e. The molecule has 0 radical (unpaired) electrons. The zero-order chi connectivity index (χ0) is 12.3. The van der Waals surface area contributed by atoms with Crippen molar-refractivity contribution >= 4 is 25.8 Å². The predicted molar refractivity (Wildman–Crippen MR) is 68.2 cm³/mol. The van der Waals surface area contributed by atoms with Gasteiger partial charge in [0.15, 0.2) is 9.84 Å². The van der Waals surface area contributed by atoms with Crippen LogP contribution in [0, 0.1) is 0 Å². The van der Waals surface area contributed by atoms with Crippen molar-refractivity contribution < 1.29 is 13.5 Å². The highest BCUT2D eigenvalue weighted by molar-refractivity contribution is 9.10. The number of aliphatic hydroxyl groups is 1. The van der Waals surface area contributed by atoms with Crippen LogP contribution < -0.4 is 0 Å². The summed E-state index contributed by atoms with van der Waals surface area (Å²) in [5.41, 5.74) is 0.922. The summed E-state index contributed by atoms with van der Waals surface area (Å²) < 4.78 is 23.5. The summed E-state index contributed by atoms with van der Waals surface area (Å²) >= 11 is 3.31. The molecule has 0 spiro atoms. The molecule has 0 saturated carbocycles. The van der Waals surface area contributed by atoms with Crippen LogP contribution in [0.4, 0.5) is 0 Å². The van der Waals surface area contributed by atoms with E-state index in [-0.39, 0.29) is 0 Å². The van der Waals surface area contributed by atoms with E-state index >= 15 is 0 Å². The number of sulfone groups is 1. The third-order valence-electron chi connectivity index (χ3n) is 2.58. The monoisotopic (exact) mass is 306 g/mol. The molecule has 0 aliphatic carbocycles. The topological polar surface area (TPSA) is 54.4 Å². The summed E-state index contributed by atoms with van der Waals surface area (Å²) in [6, 6.07) is 7.46. The van der Waals surface area contributed by atoms with Gasteiger partial charge < -0.3 is 5.11 Å². The van der Waals surface area contributed by atoms with Crippen molar-refractivity contribution in [1.29, 1.82) is 0 Å². The molecule has 1 rings (SSSR count). The third kappa shape index (κ3) is 3.88. The Bertz CT molecular complexity index is 439. The van der Waals surface area contributed by atoms with Crippen molar-refractivity contribution in [1.82, 2.24) is 0 Å². The number of aliphatic hydroxyl groups excluding tert-OH is 1. The lowest BCUT2D eigenvalue weighted by molar-refractivity contribution is 0.173. The Morgan fingerprint density at radius 2 is 1.81 bits per heavy atom. The lowest BCUT2D eigenvalue weighted by Gasteiger charge is -2.17. The molecule has 16 heavy (non-hydrogen) atoms. The quantitative estimate of drug-likeness (QED) is 0.922. The highest BCUT2D eigenvalue weighted by atomic mass is 79.9. The number of halogens is 1. The van der Waals surface area contributed by atoms with Gasteiger partial charge in [-0.2, -0.15) is 0 Å². The van der Waals surface area contributed by atoms with Crippen LogP contribution in [-0.2, 0) is 16.3 Å². The Balaban J connectivity index is 2.71. The molecule has 0 aliphatic rings. The second-order valence-electron chi connectivity index (χ2n) is 3.93. The van der Waals surface area contributed by atoms with E-state index in [1.165, 1.54) is 6.92 Å². The molecule has 2 unspecified atom stereocenters. The van der Waals surface area contributed by atoms with Crippen LogP contribution in [0.15, 0.2) is 28.7 Å². The first kappa shape index (κ1) is 13.7. The van der Waals surface area contributed by atoms with Crippen LogP contribution in [0.25, 0.3) is 0 Å². The molecule has 2 atom stereocenters. The predicted octanol–water partition coefficient (Wildman–Crippen LogP) is 1.79. The van der Waals surface area contributed by atoms with Crippen LogP contribution >= 0.6 is 15.9 Å². The molecule has 1 aromatic carbocycles. The minimum atomic E-state index is -3.19. The summed E-state index contributed by atoms with van der Waals surface area (Å²) in [4.78, 5) is 0. The van der Waals surface area contributed by atoms with E-state index in [9.17, 15) is 13.5 Å². The SMILES string of the molecule is CC(C(O)Cc1ccc(Br)cc1)S(C)(=O)=O. The fourth-order valence-electron chi connectivity index (χ4n) is 1.31. The molecule has 5 heteroatoms. The van der Waals surface area contributed by atoms with Crippen molar-refractivity contribution in [2.45, 2.75) is 24.7 Å². The van der Waals surface area contributed by atoms with Crippen molar-refractivity contribution in [2.75, 3.05) is 6.26 Å². The molecule has 0 aromatic heterocycles. The number of hydrogen-bond donors (Lipinski definition) is 1. The molecule has 1 N–H and O–H groups in total. The number of rotatable bonds is 4. The van der Waals surface area contributed by atoms with Gasteiger partial charge in [0.2, 0.25) is 0 Å². The summed E-state index contributed by atoms with van der Waals surface area (Å²) in [5, 5.41) is 9.05. The maximum atomic E-state index is 11.2. The van der Waals surface area contributed by atoms with Gasteiger partial charge in [-0.25, -0.2) is 8.42 Å². The van der Waals surface area contributed by atoms with Gasteiger partial charge in [-0.1, -0.05) is 28.1 Å². The second kappa shape index (κ2) is 5.29. The van der Waals surface area contributed by atoms with Crippen LogP contribution in [0.1, 0.15) is 12.5 Å². The maximum absolute atomic E-state index is 11.2. The summed E-state index contributed by atoms with van der Waals surface area (Å²) in [6.07, 6.45) is 0.625. The average Bonchev–Trinajstić information content (AvgIpc) is 2.19. The zero-order valence-electron chi connectivity index (χ0n) is 9.22. The Kier molecular flexibility index (Phi) is 4.52. The second-order valence-corrected chi connectivity index (χ2v) is 7.25. The van der Waals surface area contributed by atoms with E-state index in [0.717, 1.165) is 16.3 Å². The number of benzene rings is 1. The molecule has 0 bridgehead atoms. The van der Waals surface area contributed by atoms with Crippen LogP contribution in [0.3, 0.4) is 0 Å². The molecule has 0 heterocycles. The van der Waals surface area contributed by atoms with Gasteiger partial charge in [0.25, 0.3) is 0 Å². The van der Waals surface area contributed by atoms with Crippen LogP contribution in [0.2, 0.25) is 0 Å². The average molecular weight is 307 g/mol. The van der Waals surface area contributed by atoms with Gasteiger partial charge in [-0.3, -0.25) is 0 Å². The Morgan fingerprint density at radius 1 is 1.31 bits per heavy atom. The van der Waals surface area contributed by atoms with Crippen molar-refractivity contribution in [3.05, 3.63) is 34.3 Å². The van der Waals surface area contributed by atoms with Gasteiger partial charge in [0, 0.05) is 10.7 Å². The van der Waals surface area contributed by atoms with Crippen LogP contribution in [-0.4, -0.2) is 31.1 Å². The standard InChI is InChI=1S/C11H15BrO3S/c1-8(16(2,14)15)11(13)7-9-3-5-10(12)6-4-9/h3-6,8,11,13H,7H2,1-2H3. The van der Waals surface area contributed by atoms with E-state index < -0.39 is 21.2 Å². The molecular weight excluding hydrogens is 292 g/mol. The molecule has 0 amide bonds. The van der Waals surface area contributed by atoms with E-state index in [2.05, 4.69) is 15.9 Å². The minimum Gasteiger partial charge on any atom is -0.391 e. The number of hydrogen-bond acceptors (Lipinski definition) is 3. The Morgan fingerprint density at radius 3 is 2.25 bits per heavy atom. The lowest BCUT2D eigenvalue weighted by Crippen LogP contribution is -2.32. The fourth-order valence-corrected chi connectivity index (χ4v) is 2.24. The maximum Gasteiger partial charge on any atom is 0.152 e. The van der Waals surface area contributed by atoms with Crippen LogP contribution in [0.5, 0.6) is 0 Å². The van der Waals surface area contributed by atoms with E-state index in [0.29, 0.717) is 6.42 Å². The summed E-state index contributed by atoms with van der Waals surface area (Å²) in [6.45, 7) is 1.53. The summed E-state index contributed by atoms with van der Waals surface area (Å²) in [5.74, 6) is 0. The van der Waals surface area contributed by atoms with Gasteiger partial charge in [0.1, 0.15) is 0 Å². The van der Waals surface area contributed by atoms with Crippen molar-refractivity contribution in [3.63, 3.8) is 0 Å². The van der Waals surface area contributed by atoms with Gasteiger partial charge in [-0.05, 0) is 31.0 Å². The lowest BCUT2D eigenvalue weighted by atomic mass is 10.1. The highest BCUT2D eigenvalue weighted by Gasteiger charge is 2.23. The van der Waals surface area contributed by atoms with Gasteiger partial charge in [0.05, 0.1) is 11.4 Å². The Hall–Kier alpha value is -0.390. The molecule has 0 aliphatic heterocycles. The first-order valence-corrected chi connectivity index (χ1v) is 7.67. The molecular formula is C11H15BrO3S. The highest BCUT2D eigenvalue weighted by Crippen LogP contribution is 2.14. The van der Waals surface area contributed by atoms with E-state index in [4.69, 9.17) is 0 Å². The molecule has 0 fully saturated rings. The minimum absolute atomic E-state index is 0.349.